The third kappa shape index (κ3) is 5.02. The van der Waals surface area contributed by atoms with Crippen LogP contribution in [0.1, 0.15) is 45.5 Å². The van der Waals surface area contributed by atoms with E-state index in [1.54, 1.807) is 6.26 Å². The minimum atomic E-state index is -0.771. The molecule has 2 unspecified atom stereocenters. The lowest BCUT2D eigenvalue weighted by Crippen LogP contribution is -2.22. The molecule has 1 heterocycles. The van der Waals surface area contributed by atoms with E-state index in [1.165, 1.54) is 0 Å². The Bertz CT molecular complexity index is 500. The van der Waals surface area contributed by atoms with Gasteiger partial charge in [0.25, 0.3) is 0 Å². The number of nitrogens with one attached hydrogen (secondary N) is 1. The monoisotopic (exact) mass is 317 g/mol. The second kappa shape index (κ2) is 6.85. The summed E-state index contributed by atoms with van der Waals surface area (Å²) in [6, 6.07) is 0.191. The molecule has 0 aliphatic heterocycles. The third-order valence-corrected chi connectivity index (χ3v) is 4.16. The van der Waals surface area contributed by atoms with Gasteiger partial charge in [-0.05, 0) is 20.3 Å². The van der Waals surface area contributed by atoms with Crippen LogP contribution in [0.25, 0.3) is 0 Å². The third-order valence-electron chi connectivity index (χ3n) is 2.98. The molecule has 0 fully saturated rings. The van der Waals surface area contributed by atoms with Gasteiger partial charge in [-0.1, -0.05) is 32.4 Å². The zero-order valence-corrected chi connectivity index (χ0v) is 14.7. The van der Waals surface area contributed by atoms with Crippen molar-refractivity contribution in [2.24, 2.45) is 0 Å². The fraction of sp³-hybridized carbons (Fsp3) is 0.714. The van der Waals surface area contributed by atoms with Crippen LogP contribution in [-0.2, 0) is 16.2 Å². The highest BCUT2D eigenvalue weighted by Crippen LogP contribution is 2.26. The van der Waals surface area contributed by atoms with E-state index >= 15 is 0 Å². The van der Waals surface area contributed by atoms with Crippen LogP contribution in [-0.4, -0.2) is 32.2 Å². The predicted octanol–water partition coefficient (Wildman–Crippen LogP) is 3.30. The van der Waals surface area contributed by atoms with Crippen molar-refractivity contribution in [2.45, 2.75) is 52.5 Å². The van der Waals surface area contributed by atoms with E-state index in [-0.39, 0.29) is 11.5 Å². The Labute approximate surface area is 129 Å². The summed E-state index contributed by atoms with van der Waals surface area (Å²) in [4.78, 5) is 8.94. The van der Waals surface area contributed by atoms with Gasteiger partial charge in [-0.3, -0.25) is 4.21 Å². The minimum absolute atomic E-state index is 0.151. The fourth-order valence-electron chi connectivity index (χ4n) is 1.61. The van der Waals surface area contributed by atoms with Crippen LogP contribution < -0.4 is 5.32 Å². The van der Waals surface area contributed by atoms with E-state index in [1.807, 2.05) is 6.92 Å². The summed E-state index contributed by atoms with van der Waals surface area (Å²) in [6.07, 6.45) is 2.55. The van der Waals surface area contributed by atoms with Gasteiger partial charge in [0.2, 0.25) is 0 Å². The molecule has 0 amide bonds. The molecule has 0 saturated heterocycles. The van der Waals surface area contributed by atoms with Crippen molar-refractivity contribution in [3.8, 4) is 0 Å². The van der Waals surface area contributed by atoms with Crippen LogP contribution in [0, 0.1) is 6.92 Å². The van der Waals surface area contributed by atoms with Crippen molar-refractivity contribution < 1.29 is 4.21 Å². The molecule has 1 rings (SSSR count). The summed E-state index contributed by atoms with van der Waals surface area (Å²) in [6.45, 7) is 10.1. The molecule has 0 aliphatic rings. The van der Waals surface area contributed by atoms with Gasteiger partial charge in [-0.15, -0.1) is 0 Å². The molecule has 0 aliphatic carbocycles. The molecule has 0 spiro atoms. The lowest BCUT2D eigenvalue weighted by Gasteiger charge is -2.21. The fourth-order valence-corrected chi connectivity index (χ4v) is 2.47. The van der Waals surface area contributed by atoms with E-state index in [4.69, 9.17) is 11.6 Å². The van der Waals surface area contributed by atoms with Crippen LogP contribution >= 0.6 is 11.6 Å². The molecule has 1 aromatic heterocycles. The molecular formula is C14H24ClN3OS. The summed E-state index contributed by atoms with van der Waals surface area (Å²) >= 11 is 6.20. The van der Waals surface area contributed by atoms with Gasteiger partial charge in [0.1, 0.15) is 16.8 Å². The zero-order valence-electron chi connectivity index (χ0n) is 13.1. The molecule has 0 radical (unpaired) electrons. The van der Waals surface area contributed by atoms with Crippen LogP contribution in [0.3, 0.4) is 0 Å². The average molecular weight is 318 g/mol. The summed E-state index contributed by atoms with van der Waals surface area (Å²) in [5.41, 5.74) is 0.700. The molecule has 0 aromatic carbocycles. The molecule has 4 nitrogen and oxygen atoms in total. The van der Waals surface area contributed by atoms with Gasteiger partial charge in [-0.25, -0.2) is 9.97 Å². The number of nitrogens with zero attached hydrogens (tertiary/aromatic N) is 2. The standard InChI is InChI=1S/C14H24ClN3OS/c1-9(7-8-20(6)19)16-12-10(2)11(15)17-13(18-12)14(3,4)5/h9H,7-8H2,1-6H3,(H,16,17,18). The van der Waals surface area contributed by atoms with Crippen molar-refractivity contribution >= 4 is 28.2 Å². The summed E-state index contributed by atoms with van der Waals surface area (Å²) in [5, 5.41) is 3.83. The lowest BCUT2D eigenvalue weighted by molar-refractivity contribution is 0.544. The van der Waals surface area contributed by atoms with Gasteiger partial charge in [0.15, 0.2) is 0 Å². The Morgan fingerprint density at radius 2 is 1.95 bits per heavy atom. The normalized spacial score (nSPS) is 14.9. The van der Waals surface area contributed by atoms with Gasteiger partial charge in [0.05, 0.1) is 0 Å². The number of aromatic nitrogens is 2. The second-order valence-corrected chi connectivity index (χ2v) is 8.09. The average Bonchev–Trinajstić information content (AvgIpc) is 2.30. The number of rotatable bonds is 5. The van der Waals surface area contributed by atoms with Crippen molar-refractivity contribution in [2.75, 3.05) is 17.3 Å². The van der Waals surface area contributed by atoms with Crippen molar-refractivity contribution in [3.63, 3.8) is 0 Å². The number of halogens is 1. The number of hydrogen-bond donors (Lipinski definition) is 1. The molecule has 6 heteroatoms. The van der Waals surface area contributed by atoms with E-state index in [0.29, 0.717) is 10.9 Å². The first-order valence-corrected chi connectivity index (χ1v) is 8.83. The molecule has 1 aromatic rings. The van der Waals surface area contributed by atoms with Crippen molar-refractivity contribution in [1.29, 1.82) is 0 Å². The second-order valence-electron chi connectivity index (χ2n) is 6.17. The van der Waals surface area contributed by atoms with Gasteiger partial charge in [-0.2, -0.15) is 0 Å². The number of hydrogen-bond acceptors (Lipinski definition) is 4. The van der Waals surface area contributed by atoms with Gasteiger partial charge < -0.3 is 5.32 Å². The van der Waals surface area contributed by atoms with Crippen molar-refractivity contribution in [3.05, 3.63) is 16.5 Å². The highest BCUT2D eigenvalue weighted by molar-refractivity contribution is 7.84. The Morgan fingerprint density at radius 3 is 2.45 bits per heavy atom. The summed E-state index contributed by atoms with van der Waals surface area (Å²) in [7, 11) is -0.771. The first-order valence-electron chi connectivity index (χ1n) is 6.72. The first-order chi connectivity index (χ1) is 9.11. The van der Waals surface area contributed by atoms with Crippen LogP contribution in [0.15, 0.2) is 0 Å². The van der Waals surface area contributed by atoms with E-state index in [2.05, 4.69) is 43.0 Å². The molecule has 20 heavy (non-hydrogen) atoms. The topological polar surface area (TPSA) is 54.9 Å². The molecule has 0 saturated carbocycles. The Balaban J connectivity index is 2.94. The van der Waals surface area contributed by atoms with E-state index < -0.39 is 10.8 Å². The maximum absolute atomic E-state index is 11.1. The van der Waals surface area contributed by atoms with Gasteiger partial charge >= 0.3 is 0 Å². The molecule has 2 atom stereocenters. The Kier molecular flexibility index (Phi) is 5.95. The highest BCUT2D eigenvalue weighted by atomic mass is 35.5. The largest absolute Gasteiger partial charge is 0.367 e. The molecule has 0 bridgehead atoms. The van der Waals surface area contributed by atoms with Crippen LogP contribution in [0.5, 0.6) is 0 Å². The smallest absolute Gasteiger partial charge is 0.137 e. The SMILES string of the molecule is Cc1c(Cl)nc(C(C)(C)C)nc1NC(C)CCS(C)=O. The molecule has 1 N–H and O–H groups in total. The van der Waals surface area contributed by atoms with Crippen LogP contribution in [0.4, 0.5) is 5.82 Å². The quantitative estimate of drug-likeness (QED) is 0.847. The minimum Gasteiger partial charge on any atom is -0.367 e. The zero-order chi connectivity index (χ0) is 15.5. The maximum Gasteiger partial charge on any atom is 0.137 e. The molecule has 114 valence electrons. The van der Waals surface area contributed by atoms with Crippen LogP contribution in [0.2, 0.25) is 5.15 Å². The highest BCUT2D eigenvalue weighted by Gasteiger charge is 2.21. The predicted molar refractivity (Wildman–Crippen MR) is 87.1 cm³/mol. The van der Waals surface area contributed by atoms with Gasteiger partial charge in [0, 0.05) is 39.8 Å². The Hall–Kier alpha value is -0.680. The van der Waals surface area contributed by atoms with E-state index in [9.17, 15) is 4.21 Å². The number of anilines is 1. The first kappa shape index (κ1) is 17.4. The molecular weight excluding hydrogens is 294 g/mol. The summed E-state index contributed by atoms with van der Waals surface area (Å²) in [5.74, 6) is 2.17. The maximum atomic E-state index is 11.1. The van der Waals surface area contributed by atoms with Crippen molar-refractivity contribution in [1.82, 2.24) is 9.97 Å². The lowest BCUT2D eigenvalue weighted by atomic mass is 9.95. The van der Waals surface area contributed by atoms with E-state index in [0.717, 1.165) is 23.6 Å². The summed E-state index contributed by atoms with van der Waals surface area (Å²) < 4.78 is 11.1. The Morgan fingerprint density at radius 1 is 1.35 bits per heavy atom.